The van der Waals surface area contributed by atoms with E-state index in [2.05, 4.69) is 5.32 Å². The average molecular weight is 395 g/mol. The van der Waals surface area contributed by atoms with Crippen LogP contribution in [0.3, 0.4) is 0 Å². The van der Waals surface area contributed by atoms with Crippen LogP contribution in [-0.2, 0) is 9.59 Å². The Bertz CT molecular complexity index is 866. The Balaban J connectivity index is 1.66. The number of nitrogens with one attached hydrogen (secondary N) is 1. The molecular weight excluding hydrogens is 376 g/mol. The van der Waals surface area contributed by atoms with Crippen molar-refractivity contribution in [3.63, 3.8) is 0 Å². The number of likely N-dealkylation sites (tertiary alicyclic amines) is 1. The second-order valence-electron chi connectivity index (χ2n) is 6.34. The van der Waals surface area contributed by atoms with Gasteiger partial charge in [-0.3, -0.25) is 14.4 Å². The van der Waals surface area contributed by atoms with Gasteiger partial charge in [-0.25, -0.2) is 0 Å². The van der Waals surface area contributed by atoms with E-state index < -0.39 is 23.8 Å². The molecule has 0 bridgehead atoms. The Labute approximate surface area is 159 Å². The predicted molar refractivity (Wildman–Crippen MR) is 101 cm³/mol. The van der Waals surface area contributed by atoms with Gasteiger partial charge in [0.05, 0.1) is 17.5 Å². The van der Waals surface area contributed by atoms with E-state index in [0.717, 1.165) is 10.1 Å². The van der Waals surface area contributed by atoms with Crippen LogP contribution in [0.15, 0.2) is 24.3 Å². The Morgan fingerprint density at radius 3 is 2.77 bits per heavy atom. The quantitative estimate of drug-likeness (QED) is 0.834. The fourth-order valence-corrected chi connectivity index (χ4v) is 4.76. The van der Waals surface area contributed by atoms with E-state index in [1.54, 1.807) is 6.92 Å². The highest BCUT2D eigenvalue weighted by Crippen LogP contribution is 2.35. The molecule has 0 unspecified atom stereocenters. The highest BCUT2D eigenvalue weighted by atomic mass is 35.5. The van der Waals surface area contributed by atoms with Gasteiger partial charge in [0, 0.05) is 22.7 Å². The number of halogens is 1. The summed E-state index contributed by atoms with van der Waals surface area (Å²) < 4.78 is 0.905. The number of amides is 2. The third-order valence-electron chi connectivity index (χ3n) is 4.77. The lowest BCUT2D eigenvalue weighted by Gasteiger charge is -2.37. The average Bonchev–Trinajstić information content (AvgIpc) is 2.96. The zero-order chi connectivity index (χ0) is 18.8. The summed E-state index contributed by atoms with van der Waals surface area (Å²) >= 11 is 7.56. The zero-order valence-corrected chi connectivity index (χ0v) is 15.8. The maximum atomic E-state index is 12.5. The number of fused-ring (bicyclic) bond motifs is 1. The van der Waals surface area contributed by atoms with Gasteiger partial charge in [-0.15, -0.1) is 11.3 Å². The van der Waals surface area contributed by atoms with Gasteiger partial charge in [0.2, 0.25) is 5.91 Å². The van der Waals surface area contributed by atoms with Crippen molar-refractivity contribution in [3.05, 3.63) is 34.2 Å². The highest BCUT2D eigenvalue weighted by Gasteiger charge is 2.35. The van der Waals surface area contributed by atoms with Gasteiger partial charge in [0.15, 0.2) is 0 Å². The summed E-state index contributed by atoms with van der Waals surface area (Å²) in [5, 5.41) is 13.1. The molecule has 138 valence electrons. The van der Waals surface area contributed by atoms with Gasteiger partial charge >= 0.3 is 5.97 Å². The molecule has 0 saturated carbocycles. The number of hydrogen-bond donors (Lipinski definition) is 2. The summed E-state index contributed by atoms with van der Waals surface area (Å²) in [6.45, 7) is 2.06. The number of rotatable bonds is 4. The number of piperidine rings is 1. The van der Waals surface area contributed by atoms with Crippen molar-refractivity contribution in [1.29, 1.82) is 0 Å². The SMILES string of the molecule is C[C@@H]1[C@H](C(=O)O)CCCN1C(=O)CNC(=O)c1sc2ccccc2c1Cl. The largest absolute Gasteiger partial charge is 0.481 e. The fraction of sp³-hybridized carbons (Fsp3) is 0.389. The third kappa shape index (κ3) is 3.54. The topological polar surface area (TPSA) is 86.7 Å². The molecule has 6 nitrogen and oxygen atoms in total. The van der Waals surface area contributed by atoms with Gasteiger partial charge in [-0.2, -0.15) is 0 Å². The Morgan fingerprint density at radius 1 is 1.35 bits per heavy atom. The van der Waals surface area contributed by atoms with Crippen LogP contribution < -0.4 is 5.32 Å². The van der Waals surface area contributed by atoms with Crippen LogP contribution in [0.2, 0.25) is 5.02 Å². The van der Waals surface area contributed by atoms with Crippen LogP contribution >= 0.6 is 22.9 Å². The molecule has 0 radical (unpaired) electrons. The molecule has 1 aliphatic heterocycles. The lowest BCUT2D eigenvalue weighted by Crippen LogP contribution is -2.51. The molecule has 2 amide bonds. The van der Waals surface area contributed by atoms with Crippen molar-refractivity contribution in [2.45, 2.75) is 25.8 Å². The molecule has 1 aromatic carbocycles. The van der Waals surface area contributed by atoms with E-state index >= 15 is 0 Å². The van der Waals surface area contributed by atoms with Crippen LogP contribution in [-0.4, -0.2) is 46.9 Å². The number of nitrogens with zero attached hydrogens (tertiary/aromatic N) is 1. The summed E-state index contributed by atoms with van der Waals surface area (Å²) in [7, 11) is 0. The molecule has 0 spiro atoms. The molecule has 2 aromatic rings. The smallest absolute Gasteiger partial charge is 0.308 e. The van der Waals surface area contributed by atoms with Gasteiger partial charge in [-0.05, 0) is 25.8 Å². The van der Waals surface area contributed by atoms with Crippen LogP contribution in [0.5, 0.6) is 0 Å². The number of carboxylic acids is 1. The second-order valence-corrected chi connectivity index (χ2v) is 7.77. The molecule has 3 rings (SSSR count). The maximum Gasteiger partial charge on any atom is 0.308 e. The molecule has 0 aliphatic carbocycles. The van der Waals surface area contributed by atoms with Gasteiger partial charge < -0.3 is 15.3 Å². The molecular formula is C18H19ClN2O4S. The van der Waals surface area contributed by atoms with Crippen molar-refractivity contribution in [3.8, 4) is 0 Å². The first kappa shape index (κ1) is 18.7. The lowest BCUT2D eigenvalue weighted by atomic mass is 9.90. The van der Waals surface area contributed by atoms with Gasteiger partial charge in [0.1, 0.15) is 4.88 Å². The fourth-order valence-electron chi connectivity index (χ4n) is 3.32. The lowest BCUT2D eigenvalue weighted by molar-refractivity contribution is -0.148. The number of benzene rings is 1. The van der Waals surface area contributed by atoms with Crippen LogP contribution in [0.1, 0.15) is 29.4 Å². The molecule has 1 fully saturated rings. The van der Waals surface area contributed by atoms with Crippen LogP contribution in [0.4, 0.5) is 0 Å². The summed E-state index contributed by atoms with van der Waals surface area (Å²) in [4.78, 5) is 38.1. The third-order valence-corrected chi connectivity index (χ3v) is 6.44. The normalized spacial score (nSPS) is 20.2. The first-order valence-corrected chi connectivity index (χ1v) is 9.57. The monoisotopic (exact) mass is 394 g/mol. The number of carbonyl (C=O) groups is 3. The molecule has 1 saturated heterocycles. The Morgan fingerprint density at radius 2 is 2.08 bits per heavy atom. The molecule has 2 N–H and O–H groups in total. The minimum Gasteiger partial charge on any atom is -0.481 e. The number of thiophene rings is 1. The van der Waals surface area contributed by atoms with E-state index in [1.807, 2.05) is 24.3 Å². The number of carbonyl (C=O) groups excluding carboxylic acids is 2. The summed E-state index contributed by atoms with van der Waals surface area (Å²) in [5.74, 6) is -2.14. The minimum absolute atomic E-state index is 0.180. The minimum atomic E-state index is -0.893. The van der Waals surface area contributed by atoms with Crippen LogP contribution in [0.25, 0.3) is 10.1 Å². The van der Waals surface area contributed by atoms with Crippen molar-refractivity contribution < 1.29 is 19.5 Å². The molecule has 8 heteroatoms. The summed E-state index contributed by atoms with van der Waals surface area (Å²) in [6, 6.07) is 7.06. The maximum absolute atomic E-state index is 12.5. The molecule has 2 atom stereocenters. The van der Waals surface area contributed by atoms with E-state index in [0.29, 0.717) is 29.3 Å². The van der Waals surface area contributed by atoms with Crippen molar-refractivity contribution in [2.24, 2.45) is 5.92 Å². The predicted octanol–water partition coefficient (Wildman–Crippen LogP) is 3.00. The first-order valence-electron chi connectivity index (χ1n) is 8.37. The van der Waals surface area contributed by atoms with Crippen molar-refractivity contribution in [2.75, 3.05) is 13.1 Å². The number of carboxylic acid groups (broad SMARTS) is 1. The van der Waals surface area contributed by atoms with Gasteiger partial charge in [0.25, 0.3) is 5.91 Å². The molecule has 1 aliphatic rings. The van der Waals surface area contributed by atoms with Gasteiger partial charge in [-0.1, -0.05) is 29.8 Å². The summed E-state index contributed by atoms with van der Waals surface area (Å²) in [5.41, 5.74) is 0. The number of hydrogen-bond acceptors (Lipinski definition) is 4. The van der Waals surface area contributed by atoms with Crippen molar-refractivity contribution in [1.82, 2.24) is 10.2 Å². The first-order chi connectivity index (χ1) is 12.4. The van der Waals surface area contributed by atoms with Crippen LogP contribution in [0, 0.1) is 5.92 Å². The van der Waals surface area contributed by atoms with E-state index in [-0.39, 0.29) is 12.5 Å². The molecule has 1 aromatic heterocycles. The number of aliphatic carboxylic acids is 1. The van der Waals surface area contributed by atoms with E-state index in [1.165, 1.54) is 16.2 Å². The summed E-state index contributed by atoms with van der Waals surface area (Å²) in [6.07, 6.45) is 1.20. The molecule has 26 heavy (non-hydrogen) atoms. The van der Waals surface area contributed by atoms with E-state index in [9.17, 15) is 19.5 Å². The zero-order valence-electron chi connectivity index (χ0n) is 14.2. The second kappa shape index (κ2) is 7.63. The van der Waals surface area contributed by atoms with Crippen molar-refractivity contribution >= 4 is 50.8 Å². The standard InChI is InChI=1S/C18H19ClN2O4S/c1-10-11(18(24)25)6-4-8-21(10)14(22)9-20-17(23)16-15(19)12-5-2-3-7-13(12)26-16/h2-3,5,7,10-11H,4,6,8-9H2,1H3,(H,20,23)(H,24,25)/t10-,11-/m1/s1. The Hall–Kier alpha value is -2.12. The highest BCUT2D eigenvalue weighted by molar-refractivity contribution is 7.21. The Kier molecular flexibility index (Phi) is 5.48. The molecule has 2 heterocycles. The van der Waals surface area contributed by atoms with E-state index in [4.69, 9.17) is 11.6 Å².